The average Bonchev–Trinajstić information content (AvgIpc) is 2.88. The van der Waals surface area contributed by atoms with E-state index in [0.717, 1.165) is 0 Å². The summed E-state index contributed by atoms with van der Waals surface area (Å²) in [4.78, 5) is 0.350. The van der Waals surface area contributed by atoms with E-state index in [-0.39, 0.29) is 21.5 Å². The van der Waals surface area contributed by atoms with Crippen LogP contribution in [0.5, 0.6) is 5.75 Å². The molecule has 3 rings (SSSR count). The van der Waals surface area contributed by atoms with E-state index < -0.39 is 9.84 Å². The van der Waals surface area contributed by atoms with E-state index in [1.807, 2.05) is 19.9 Å². The van der Waals surface area contributed by atoms with Crippen LogP contribution in [0, 0.1) is 0 Å². The van der Waals surface area contributed by atoms with Crippen LogP contribution in [0.1, 0.15) is 25.5 Å². The van der Waals surface area contributed by atoms with Crippen LogP contribution in [0.2, 0.25) is 0 Å². The number of para-hydroxylation sites is 1. The Bertz CT molecular complexity index is 919. The van der Waals surface area contributed by atoms with E-state index in [0.29, 0.717) is 16.7 Å². The molecule has 0 saturated heterocycles. The molecule has 0 unspecified atom stereocenters. The van der Waals surface area contributed by atoms with Crippen LogP contribution in [-0.2, 0) is 9.84 Å². The minimum absolute atomic E-state index is 0.0279. The first-order valence-electron chi connectivity index (χ1n) is 6.97. The number of phenols is 1. The number of fused-ring (bicyclic) bond motifs is 1. The van der Waals surface area contributed by atoms with Crippen LogP contribution in [0.25, 0.3) is 11.0 Å². The predicted molar refractivity (Wildman–Crippen MR) is 83.9 cm³/mol. The van der Waals surface area contributed by atoms with Gasteiger partial charge in [0.1, 0.15) is 22.0 Å². The Kier molecular flexibility index (Phi) is 3.45. The fourth-order valence-corrected chi connectivity index (χ4v) is 4.17. The third-order valence-corrected chi connectivity index (χ3v) is 5.37. The highest BCUT2D eigenvalue weighted by atomic mass is 32.2. The van der Waals surface area contributed by atoms with Crippen molar-refractivity contribution in [3.8, 4) is 5.75 Å². The summed E-state index contributed by atoms with van der Waals surface area (Å²) in [5.74, 6) is 0.420. The minimum Gasteiger partial charge on any atom is -0.508 e. The number of furan rings is 1. The number of phenolic OH excluding ortho intramolecular Hbond substituents is 1. The number of benzene rings is 2. The van der Waals surface area contributed by atoms with E-state index in [9.17, 15) is 13.5 Å². The average molecular weight is 316 g/mol. The Morgan fingerprint density at radius 1 is 1.00 bits per heavy atom. The summed E-state index contributed by atoms with van der Waals surface area (Å²) >= 11 is 0. The van der Waals surface area contributed by atoms with Crippen LogP contribution < -0.4 is 0 Å². The van der Waals surface area contributed by atoms with Crippen molar-refractivity contribution in [2.24, 2.45) is 0 Å². The summed E-state index contributed by atoms with van der Waals surface area (Å²) in [5.41, 5.74) is 0.559. The fourth-order valence-electron chi connectivity index (χ4n) is 2.44. The van der Waals surface area contributed by atoms with Crippen molar-refractivity contribution in [3.63, 3.8) is 0 Å². The molecule has 0 saturated carbocycles. The number of rotatable bonds is 3. The van der Waals surface area contributed by atoms with Crippen molar-refractivity contribution in [3.05, 3.63) is 54.3 Å². The zero-order valence-corrected chi connectivity index (χ0v) is 13.1. The maximum Gasteiger partial charge on any atom is 0.210 e. The van der Waals surface area contributed by atoms with E-state index in [1.54, 1.807) is 18.2 Å². The third-order valence-electron chi connectivity index (χ3n) is 3.52. The van der Waals surface area contributed by atoms with Gasteiger partial charge in [-0.25, -0.2) is 8.42 Å². The van der Waals surface area contributed by atoms with E-state index >= 15 is 0 Å². The molecule has 0 atom stereocenters. The van der Waals surface area contributed by atoms with Crippen LogP contribution >= 0.6 is 0 Å². The standard InChI is InChI=1S/C17H16O4S/c1-11(2)16-17(14-5-3-4-6-15(14)21-16)22(19,20)13-9-7-12(18)8-10-13/h3-11,18H,1-2H3. The Hall–Kier alpha value is -2.27. The van der Waals surface area contributed by atoms with Gasteiger partial charge in [0, 0.05) is 11.3 Å². The van der Waals surface area contributed by atoms with Crippen molar-refractivity contribution in [1.29, 1.82) is 0 Å². The van der Waals surface area contributed by atoms with Crippen LogP contribution in [-0.4, -0.2) is 13.5 Å². The van der Waals surface area contributed by atoms with Crippen molar-refractivity contribution >= 4 is 20.8 Å². The summed E-state index contributed by atoms with van der Waals surface area (Å²) in [6, 6.07) is 12.6. The van der Waals surface area contributed by atoms with Gasteiger partial charge in [-0.3, -0.25) is 0 Å². The van der Waals surface area contributed by atoms with Gasteiger partial charge in [0.05, 0.1) is 4.90 Å². The molecule has 0 radical (unpaired) electrons. The van der Waals surface area contributed by atoms with E-state index in [1.165, 1.54) is 24.3 Å². The summed E-state index contributed by atoms with van der Waals surface area (Å²) in [5, 5.41) is 9.94. The molecular formula is C17H16O4S. The second-order valence-electron chi connectivity index (χ2n) is 5.44. The Morgan fingerprint density at radius 3 is 2.27 bits per heavy atom. The number of hydrogen-bond donors (Lipinski definition) is 1. The molecule has 3 aromatic rings. The highest BCUT2D eigenvalue weighted by Gasteiger charge is 2.29. The maximum absolute atomic E-state index is 13.0. The summed E-state index contributed by atoms with van der Waals surface area (Å²) in [6.07, 6.45) is 0. The molecule has 114 valence electrons. The first-order valence-corrected chi connectivity index (χ1v) is 8.45. The maximum atomic E-state index is 13.0. The van der Waals surface area contributed by atoms with Crippen LogP contribution in [0.3, 0.4) is 0 Å². The molecule has 5 heteroatoms. The molecule has 22 heavy (non-hydrogen) atoms. The molecule has 1 aromatic heterocycles. The van der Waals surface area contributed by atoms with Gasteiger partial charge < -0.3 is 9.52 Å². The highest BCUT2D eigenvalue weighted by molar-refractivity contribution is 7.91. The third kappa shape index (κ3) is 2.27. The number of hydrogen-bond acceptors (Lipinski definition) is 4. The smallest absolute Gasteiger partial charge is 0.210 e. The molecule has 0 spiro atoms. The molecule has 0 aliphatic rings. The second kappa shape index (κ2) is 5.18. The Balaban J connectivity index is 2.32. The van der Waals surface area contributed by atoms with Gasteiger partial charge in [0.25, 0.3) is 0 Å². The van der Waals surface area contributed by atoms with Crippen molar-refractivity contribution in [1.82, 2.24) is 0 Å². The summed E-state index contributed by atoms with van der Waals surface area (Å²) < 4.78 is 31.8. The highest BCUT2D eigenvalue weighted by Crippen LogP contribution is 2.37. The molecule has 0 aliphatic heterocycles. The molecule has 0 fully saturated rings. The lowest BCUT2D eigenvalue weighted by molar-refractivity contribution is 0.474. The first kappa shape index (κ1) is 14.7. The van der Waals surface area contributed by atoms with Gasteiger partial charge in [-0.2, -0.15) is 0 Å². The van der Waals surface area contributed by atoms with Crippen molar-refractivity contribution in [2.45, 2.75) is 29.6 Å². The van der Waals surface area contributed by atoms with Crippen LogP contribution in [0.4, 0.5) is 0 Å². The van der Waals surface area contributed by atoms with Gasteiger partial charge in [-0.15, -0.1) is 0 Å². The zero-order chi connectivity index (χ0) is 15.9. The monoisotopic (exact) mass is 316 g/mol. The molecule has 0 bridgehead atoms. The largest absolute Gasteiger partial charge is 0.508 e. The van der Waals surface area contributed by atoms with Gasteiger partial charge >= 0.3 is 0 Å². The molecular weight excluding hydrogens is 300 g/mol. The zero-order valence-electron chi connectivity index (χ0n) is 12.3. The topological polar surface area (TPSA) is 67.5 Å². The van der Waals surface area contributed by atoms with Crippen LogP contribution in [0.15, 0.2) is 62.7 Å². The second-order valence-corrected chi connectivity index (χ2v) is 7.33. The Morgan fingerprint density at radius 2 is 1.64 bits per heavy atom. The normalized spacial score (nSPS) is 12.1. The molecule has 1 heterocycles. The minimum atomic E-state index is -3.72. The van der Waals surface area contributed by atoms with Crippen molar-refractivity contribution < 1.29 is 17.9 Å². The lowest BCUT2D eigenvalue weighted by Gasteiger charge is -2.08. The molecule has 4 nitrogen and oxygen atoms in total. The molecule has 0 amide bonds. The summed E-state index contributed by atoms with van der Waals surface area (Å²) in [7, 11) is -3.72. The lowest BCUT2D eigenvalue weighted by atomic mass is 10.1. The van der Waals surface area contributed by atoms with E-state index in [4.69, 9.17) is 4.42 Å². The van der Waals surface area contributed by atoms with E-state index in [2.05, 4.69) is 0 Å². The predicted octanol–water partition coefficient (Wildman–Crippen LogP) is 4.09. The van der Waals surface area contributed by atoms with Crippen molar-refractivity contribution in [2.75, 3.05) is 0 Å². The quantitative estimate of drug-likeness (QED) is 0.790. The number of aromatic hydroxyl groups is 1. The first-order chi connectivity index (χ1) is 10.4. The van der Waals surface area contributed by atoms with Gasteiger partial charge in [-0.05, 0) is 36.4 Å². The molecule has 1 N–H and O–H groups in total. The molecule has 0 aliphatic carbocycles. The van der Waals surface area contributed by atoms with Gasteiger partial charge in [0.15, 0.2) is 0 Å². The van der Waals surface area contributed by atoms with Gasteiger partial charge in [0.2, 0.25) is 9.84 Å². The SMILES string of the molecule is CC(C)c1oc2ccccc2c1S(=O)(=O)c1ccc(O)cc1. The molecule has 2 aromatic carbocycles. The lowest BCUT2D eigenvalue weighted by Crippen LogP contribution is -2.05. The Labute approximate surface area is 128 Å². The summed E-state index contributed by atoms with van der Waals surface area (Å²) in [6.45, 7) is 3.79. The van der Waals surface area contributed by atoms with Gasteiger partial charge in [-0.1, -0.05) is 26.0 Å². The fraction of sp³-hybridized carbons (Fsp3) is 0.176. The number of sulfone groups is 1.